The molecule has 0 bridgehead atoms. The first-order valence-corrected chi connectivity index (χ1v) is 9.60. The van der Waals surface area contributed by atoms with E-state index in [-0.39, 0.29) is 23.3 Å². The number of morpholine rings is 1. The number of thioether (sulfide) groups is 1. The number of nitrogens with one attached hydrogen (secondary N) is 1. The van der Waals surface area contributed by atoms with Crippen molar-refractivity contribution in [3.05, 3.63) is 22.1 Å². The third-order valence-corrected chi connectivity index (χ3v) is 5.44. The van der Waals surface area contributed by atoms with Crippen molar-refractivity contribution in [1.29, 1.82) is 0 Å². The summed E-state index contributed by atoms with van der Waals surface area (Å²) in [6.07, 6.45) is 0.817. The first-order chi connectivity index (χ1) is 12.0. The van der Waals surface area contributed by atoms with Crippen LogP contribution in [0.25, 0.3) is 11.0 Å². The van der Waals surface area contributed by atoms with Crippen molar-refractivity contribution in [2.75, 3.05) is 32.1 Å². The normalized spacial score (nSPS) is 16.4. The lowest BCUT2D eigenvalue weighted by Crippen LogP contribution is -2.41. The van der Waals surface area contributed by atoms with Gasteiger partial charge < -0.3 is 14.6 Å². The zero-order valence-electron chi connectivity index (χ0n) is 14.9. The van der Waals surface area contributed by atoms with Gasteiger partial charge in [0.2, 0.25) is 5.91 Å². The van der Waals surface area contributed by atoms with Crippen LogP contribution in [0.4, 0.5) is 0 Å². The quantitative estimate of drug-likeness (QED) is 0.648. The summed E-state index contributed by atoms with van der Waals surface area (Å²) in [7, 11) is 0. The lowest BCUT2D eigenvalue weighted by Gasteiger charge is -2.26. The minimum atomic E-state index is -0.0752. The van der Waals surface area contributed by atoms with Crippen molar-refractivity contribution in [3.63, 3.8) is 0 Å². The molecule has 2 aromatic rings. The molecule has 0 spiro atoms. The van der Waals surface area contributed by atoms with E-state index in [4.69, 9.17) is 4.74 Å². The number of nitrogens with zero attached hydrogens (tertiary/aromatic N) is 3. The molecule has 1 atom stereocenters. The number of fused-ring (bicyclic) bond motifs is 1. The molecule has 0 saturated carbocycles. The molecule has 1 fully saturated rings. The SMILES string of the molecule is CC[C@H](C)n1c(SCC(=O)N2CCOCC2)nc2cc(C)[nH]c2c1=O. The minimum Gasteiger partial charge on any atom is -0.378 e. The van der Waals surface area contributed by atoms with E-state index < -0.39 is 0 Å². The van der Waals surface area contributed by atoms with Gasteiger partial charge in [0.15, 0.2) is 5.16 Å². The first-order valence-electron chi connectivity index (χ1n) is 8.61. The smallest absolute Gasteiger partial charge is 0.278 e. The van der Waals surface area contributed by atoms with E-state index in [1.807, 2.05) is 26.8 Å². The number of aryl methyl sites for hydroxylation is 1. The Kier molecular flexibility index (Phi) is 5.48. The van der Waals surface area contributed by atoms with E-state index in [0.717, 1.165) is 12.1 Å². The van der Waals surface area contributed by atoms with Gasteiger partial charge in [0.05, 0.1) is 24.5 Å². The molecule has 1 aliphatic heterocycles. The van der Waals surface area contributed by atoms with Crippen LogP contribution in [0.3, 0.4) is 0 Å². The van der Waals surface area contributed by atoms with E-state index >= 15 is 0 Å². The Balaban J connectivity index is 1.88. The van der Waals surface area contributed by atoms with Crippen molar-refractivity contribution in [3.8, 4) is 0 Å². The number of aromatic nitrogens is 3. The van der Waals surface area contributed by atoms with Crippen LogP contribution in [-0.2, 0) is 9.53 Å². The largest absolute Gasteiger partial charge is 0.378 e. The second-order valence-electron chi connectivity index (χ2n) is 6.32. The summed E-state index contributed by atoms with van der Waals surface area (Å²) in [6.45, 7) is 8.36. The van der Waals surface area contributed by atoms with Gasteiger partial charge in [-0.2, -0.15) is 0 Å². The van der Waals surface area contributed by atoms with Gasteiger partial charge in [-0.1, -0.05) is 18.7 Å². The Morgan fingerprint density at radius 1 is 1.44 bits per heavy atom. The van der Waals surface area contributed by atoms with Crippen molar-refractivity contribution in [2.24, 2.45) is 0 Å². The molecule has 0 aromatic carbocycles. The average Bonchev–Trinajstić information content (AvgIpc) is 3.00. The molecular formula is C17H24N4O3S. The Hall–Kier alpha value is -1.80. The summed E-state index contributed by atoms with van der Waals surface area (Å²) in [5.41, 5.74) is 2.01. The van der Waals surface area contributed by atoms with E-state index in [2.05, 4.69) is 9.97 Å². The van der Waals surface area contributed by atoms with Crippen molar-refractivity contribution in [2.45, 2.75) is 38.4 Å². The molecule has 1 N–H and O–H groups in total. The monoisotopic (exact) mass is 364 g/mol. The molecule has 0 unspecified atom stereocenters. The molecule has 136 valence electrons. The van der Waals surface area contributed by atoms with Gasteiger partial charge >= 0.3 is 0 Å². The number of hydrogen-bond acceptors (Lipinski definition) is 5. The topological polar surface area (TPSA) is 80.2 Å². The van der Waals surface area contributed by atoms with Crippen LogP contribution in [0.1, 0.15) is 32.0 Å². The van der Waals surface area contributed by atoms with Crippen molar-refractivity contribution < 1.29 is 9.53 Å². The first kappa shape index (κ1) is 18.0. The third-order valence-electron chi connectivity index (χ3n) is 4.51. The van der Waals surface area contributed by atoms with Crippen LogP contribution in [0, 0.1) is 6.92 Å². The zero-order chi connectivity index (χ0) is 18.0. The zero-order valence-corrected chi connectivity index (χ0v) is 15.7. The van der Waals surface area contributed by atoms with Gasteiger partial charge in [0.25, 0.3) is 5.56 Å². The van der Waals surface area contributed by atoms with Crippen LogP contribution in [0.15, 0.2) is 16.0 Å². The van der Waals surface area contributed by atoms with Gasteiger partial charge in [-0.3, -0.25) is 14.2 Å². The highest BCUT2D eigenvalue weighted by Crippen LogP contribution is 2.23. The number of carbonyl (C=O) groups excluding carboxylic acids is 1. The molecule has 7 nitrogen and oxygen atoms in total. The summed E-state index contributed by atoms with van der Waals surface area (Å²) < 4.78 is 6.99. The summed E-state index contributed by atoms with van der Waals surface area (Å²) >= 11 is 1.34. The highest BCUT2D eigenvalue weighted by Gasteiger charge is 2.21. The molecule has 1 aliphatic rings. The molecule has 3 heterocycles. The standard InChI is InChI=1S/C17H24N4O3S/c1-4-12(3)21-16(23)15-13(9-11(2)18-15)19-17(21)25-10-14(22)20-5-7-24-8-6-20/h9,12,18H,4-8,10H2,1-3H3/t12-/m0/s1. The van der Waals surface area contributed by atoms with Gasteiger partial charge in [-0.25, -0.2) is 4.98 Å². The van der Waals surface area contributed by atoms with E-state index in [1.54, 1.807) is 9.47 Å². The lowest BCUT2D eigenvalue weighted by molar-refractivity contribution is -0.132. The number of amides is 1. The Morgan fingerprint density at radius 2 is 2.16 bits per heavy atom. The van der Waals surface area contributed by atoms with Crippen molar-refractivity contribution >= 4 is 28.7 Å². The Morgan fingerprint density at radius 3 is 2.84 bits per heavy atom. The summed E-state index contributed by atoms with van der Waals surface area (Å²) in [5, 5.41) is 0.604. The maximum absolute atomic E-state index is 12.9. The lowest BCUT2D eigenvalue weighted by atomic mass is 10.2. The second-order valence-corrected chi connectivity index (χ2v) is 7.26. The van der Waals surface area contributed by atoms with Gasteiger partial charge in [-0.15, -0.1) is 0 Å². The predicted octanol–water partition coefficient (Wildman–Crippen LogP) is 1.95. The van der Waals surface area contributed by atoms with Crippen LogP contribution in [0.5, 0.6) is 0 Å². The van der Waals surface area contributed by atoms with Crippen LogP contribution in [0.2, 0.25) is 0 Å². The average molecular weight is 364 g/mol. The molecule has 1 saturated heterocycles. The fourth-order valence-electron chi connectivity index (χ4n) is 2.89. The molecule has 3 rings (SSSR count). The number of H-pyrrole nitrogens is 1. The van der Waals surface area contributed by atoms with Crippen LogP contribution < -0.4 is 5.56 Å². The fourth-order valence-corrected chi connectivity index (χ4v) is 3.89. The van der Waals surface area contributed by atoms with Crippen molar-refractivity contribution in [1.82, 2.24) is 19.4 Å². The molecule has 25 heavy (non-hydrogen) atoms. The summed E-state index contributed by atoms with van der Waals surface area (Å²) in [4.78, 5) is 34.8. The third kappa shape index (κ3) is 3.74. The van der Waals surface area contributed by atoms with Crippen LogP contribution in [-0.4, -0.2) is 57.4 Å². The predicted molar refractivity (Wildman–Crippen MR) is 98.2 cm³/mol. The fraction of sp³-hybridized carbons (Fsp3) is 0.588. The number of ether oxygens (including phenoxy) is 1. The summed E-state index contributed by atoms with van der Waals surface area (Å²) in [6, 6.07) is 1.89. The highest BCUT2D eigenvalue weighted by atomic mass is 32.2. The molecule has 8 heteroatoms. The van der Waals surface area contributed by atoms with Gasteiger partial charge in [0, 0.05) is 24.8 Å². The van der Waals surface area contributed by atoms with Gasteiger partial charge in [-0.05, 0) is 26.3 Å². The number of aromatic amines is 1. The van der Waals surface area contributed by atoms with E-state index in [1.165, 1.54) is 11.8 Å². The van der Waals surface area contributed by atoms with Gasteiger partial charge in [0.1, 0.15) is 5.52 Å². The van der Waals surface area contributed by atoms with E-state index in [9.17, 15) is 9.59 Å². The highest BCUT2D eigenvalue weighted by molar-refractivity contribution is 7.99. The maximum atomic E-state index is 12.9. The molecular weight excluding hydrogens is 340 g/mol. The van der Waals surface area contributed by atoms with Crippen LogP contribution >= 0.6 is 11.8 Å². The minimum absolute atomic E-state index is 0.0222. The molecule has 1 amide bonds. The molecule has 0 radical (unpaired) electrons. The molecule has 0 aliphatic carbocycles. The number of carbonyl (C=O) groups is 1. The number of rotatable bonds is 5. The van der Waals surface area contributed by atoms with E-state index in [0.29, 0.717) is 42.5 Å². The Labute approximate surface area is 150 Å². The Bertz CT molecular complexity index is 823. The maximum Gasteiger partial charge on any atom is 0.278 e. The summed E-state index contributed by atoms with van der Waals surface area (Å²) in [5.74, 6) is 0.334. The number of hydrogen-bond donors (Lipinski definition) is 1. The second kappa shape index (κ2) is 7.61. The molecule has 2 aromatic heterocycles.